The molecular formula is C29H36F4. The maximum atomic E-state index is 15.0. The molecule has 2 fully saturated rings. The molecule has 2 aliphatic rings. The molecule has 2 aromatic carbocycles. The predicted octanol–water partition coefficient (Wildman–Crippen LogP) is 9.78. The number of fused-ring (bicyclic) bond motifs is 1. The van der Waals surface area contributed by atoms with Crippen molar-refractivity contribution in [1.82, 2.24) is 0 Å². The second kappa shape index (κ2) is 10.6. The number of hydrogen-bond acceptors (Lipinski definition) is 0. The summed E-state index contributed by atoms with van der Waals surface area (Å²) in [7, 11) is 0. The van der Waals surface area contributed by atoms with Crippen LogP contribution in [-0.4, -0.2) is 0 Å². The van der Waals surface area contributed by atoms with Crippen LogP contribution in [0.3, 0.4) is 0 Å². The average Bonchev–Trinajstić information content (AvgIpc) is 2.81. The topological polar surface area (TPSA) is 0 Å². The third-order valence-corrected chi connectivity index (χ3v) is 8.18. The van der Waals surface area contributed by atoms with Crippen LogP contribution < -0.4 is 0 Å². The lowest BCUT2D eigenvalue weighted by Crippen LogP contribution is -2.30. The molecule has 0 aliphatic heterocycles. The molecule has 33 heavy (non-hydrogen) atoms. The third-order valence-electron chi connectivity index (χ3n) is 8.18. The lowest BCUT2D eigenvalue weighted by atomic mass is 9.63. The van der Waals surface area contributed by atoms with E-state index in [0.29, 0.717) is 17.0 Å². The predicted molar refractivity (Wildman–Crippen MR) is 127 cm³/mol. The lowest BCUT2D eigenvalue weighted by Gasteiger charge is -2.42. The summed E-state index contributed by atoms with van der Waals surface area (Å²) in [5.41, 5.74) is 1.18. The van der Waals surface area contributed by atoms with E-state index < -0.39 is 11.7 Å². The molecule has 0 radical (unpaired) electrons. The summed E-state index contributed by atoms with van der Waals surface area (Å²) >= 11 is 0. The van der Waals surface area contributed by atoms with Gasteiger partial charge in [-0.3, -0.25) is 0 Å². The Kier molecular flexibility index (Phi) is 7.81. The van der Waals surface area contributed by atoms with Gasteiger partial charge in [0.15, 0.2) is 0 Å². The molecule has 0 nitrogen and oxygen atoms in total. The summed E-state index contributed by atoms with van der Waals surface area (Å²) in [5, 5.41) is 0. The molecule has 4 heteroatoms. The van der Waals surface area contributed by atoms with Gasteiger partial charge in [0.25, 0.3) is 0 Å². The first-order valence-electron chi connectivity index (χ1n) is 12.8. The van der Waals surface area contributed by atoms with Gasteiger partial charge < -0.3 is 0 Å². The Morgan fingerprint density at radius 3 is 2.24 bits per heavy atom. The van der Waals surface area contributed by atoms with Gasteiger partial charge >= 0.3 is 6.18 Å². The second-order valence-corrected chi connectivity index (χ2v) is 10.4. The van der Waals surface area contributed by atoms with E-state index in [1.54, 1.807) is 12.1 Å². The largest absolute Gasteiger partial charge is 0.416 e. The van der Waals surface area contributed by atoms with Crippen molar-refractivity contribution in [2.75, 3.05) is 0 Å². The zero-order chi connectivity index (χ0) is 23.4. The van der Waals surface area contributed by atoms with E-state index >= 15 is 0 Å². The minimum Gasteiger partial charge on any atom is -0.206 e. The van der Waals surface area contributed by atoms with Gasteiger partial charge in [-0.1, -0.05) is 69.7 Å². The summed E-state index contributed by atoms with van der Waals surface area (Å²) in [6.07, 6.45) is 9.95. The van der Waals surface area contributed by atoms with E-state index in [1.165, 1.54) is 69.9 Å². The van der Waals surface area contributed by atoms with E-state index in [9.17, 15) is 17.6 Å². The first kappa shape index (κ1) is 24.3. The maximum Gasteiger partial charge on any atom is 0.416 e. The van der Waals surface area contributed by atoms with E-state index in [2.05, 4.69) is 6.92 Å². The highest BCUT2D eigenvalue weighted by molar-refractivity contribution is 5.65. The van der Waals surface area contributed by atoms with Gasteiger partial charge in [-0.05, 0) is 85.1 Å². The van der Waals surface area contributed by atoms with Crippen LogP contribution in [0, 0.1) is 23.6 Å². The first-order valence-corrected chi connectivity index (χ1v) is 12.8. The van der Waals surface area contributed by atoms with Crippen LogP contribution in [0.5, 0.6) is 0 Å². The highest BCUT2D eigenvalue weighted by Crippen LogP contribution is 2.48. The van der Waals surface area contributed by atoms with Gasteiger partial charge in [0.05, 0.1) is 5.56 Å². The first-order chi connectivity index (χ1) is 15.8. The van der Waals surface area contributed by atoms with Crippen molar-refractivity contribution >= 4 is 0 Å². The van der Waals surface area contributed by atoms with Crippen LogP contribution in [0.2, 0.25) is 0 Å². The molecule has 0 spiro atoms. The maximum absolute atomic E-state index is 15.0. The molecule has 4 atom stereocenters. The lowest BCUT2D eigenvalue weighted by molar-refractivity contribution is -0.137. The number of hydrogen-bond donors (Lipinski definition) is 0. The fraction of sp³-hybridized carbons (Fsp3) is 0.586. The monoisotopic (exact) mass is 460 g/mol. The highest BCUT2D eigenvalue weighted by atomic mass is 19.4. The standard InChI is InChI=1S/C29H36F4/c1-2-3-4-5-6-20-7-8-23-18-24(10-9-22(23)17-20)25-13-16-27(28(30)19-25)21-11-14-26(15-12-21)29(31,32)33/h11-16,19-20,22-24H,2-10,17-18H2,1H3/t20?,22-,23-,24-/m1/s1. The van der Waals surface area contributed by atoms with Crippen LogP contribution in [0.4, 0.5) is 17.6 Å². The van der Waals surface area contributed by atoms with Gasteiger partial charge in [0.2, 0.25) is 0 Å². The van der Waals surface area contributed by atoms with Crippen LogP contribution in [0.25, 0.3) is 11.1 Å². The number of benzene rings is 2. The summed E-state index contributed by atoms with van der Waals surface area (Å²) in [6.45, 7) is 2.26. The van der Waals surface area contributed by atoms with Gasteiger partial charge in [0.1, 0.15) is 5.82 Å². The van der Waals surface area contributed by atoms with Crippen molar-refractivity contribution in [1.29, 1.82) is 0 Å². The van der Waals surface area contributed by atoms with Crippen molar-refractivity contribution in [2.24, 2.45) is 17.8 Å². The fourth-order valence-electron chi connectivity index (χ4n) is 6.27. The van der Waals surface area contributed by atoms with Crippen molar-refractivity contribution in [3.8, 4) is 11.1 Å². The smallest absolute Gasteiger partial charge is 0.206 e. The van der Waals surface area contributed by atoms with Crippen LogP contribution in [0.1, 0.15) is 94.6 Å². The minimum absolute atomic E-state index is 0.342. The summed E-state index contributed by atoms with van der Waals surface area (Å²) in [6, 6.07) is 10.1. The van der Waals surface area contributed by atoms with E-state index in [-0.39, 0.29) is 5.82 Å². The average molecular weight is 461 g/mol. The Morgan fingerprint density at radius 1 is 0.818 bits per heavy atom. The molecule has 0 N–H and O–H groups in total. The second-order valence-electron chi connectivity index (χ2n) is 10.4. The summed E-state index contributed by atoms with van der Waals surface area (Å²) in [5.74, 6) is 2.55. The van der Waals surface area contributed by atoms with E-state index in [0.717, 1.165) is 48.3 Å². The Labute approximate surface area is 195 Å². The summed E-state index contributed by atoms with van der Waals surface area (Å²) in [4.78, 5) is 0. The Balaban J connectivity index is 1.36. The quantitative estimate of drug-likeness (QED) is 0.285. The minimum atomic E-state index is -4.38. The van der Waals surface area contributed by atoms with Gasteiger partial charge in [-0.25, -0.2) is 4.39 Å². The van der Waals surface area contributed by atoms with Crippen molar-refractivity contribution in [2.45, 2.75) is 89.6 Å². The number of unbranched alkanes of at least 4 members (excludes halogenated alkanes) is 3. The highest BCUT2D eigenvalue weighted by Gasteiger charge is 2.36. The fourth-order valence-corrected chi connectivity index (χ4v) is 6.27. The van der Waals surface area contributed by atoms with E-state index in [1.807, 2.05) is 6.07 Å². The Morgan fingerprint density at radius 2 is 1.55 bits per heavy atom. The SMILES string of the molecule is CCCCCCC1CC[C@@H]2C[C@H](c3ccc(-c4ccc(C(F)(F)F)cc4)c(F)c3)CC[C@@H]2C1. The number of alkyl halides is 3. The molecule has 0 saturated heterocycles. The number of rotatable bonds is 7. The summed E-state index contributed by atoms with van der Waals surface area (Å²) < 4.78 is 53.4. The molecule has 1 unspecified atom stereocenters. The van der Waals surface area contributed by atoms with Crippen molar-refractivity contribution < 1.29 is 17.6 Å². The van der Waals surface area contributed by atoms with Gasteiger partial charge in [0, 0.05) is 5.56 Å². The van der Waals surface area contributed by atoms with E-state index in [4.69, 9.17) is 0 Å². The Hall–Kier alpha value is -1.84. The van der Waals surface area contributed by atoms with Crippen molar-refractivity contribution in [3.05, 3.63) is 59.4 Å². The molecule has 0 amide bonds. The molecule has 2 aliphatic carbocycles. The van der Waals surface area contributed by atoms with Crippen LogP contribution in [0.15, 0.2) is 42.5 Å². The third kappa shape index (κ3) is 6.00. The molecule has 4 rings (SSSR count). The molecular weight excluding hydrogens is 424 g/mol. The van der Waals surface area contributed by atoms with Crippen LogP contribution in [-0.2, 0) is 6.18 Å². The molecule has 2 saturated carbocycles. The molecule has 0 heterocycles. The normalized spacial score (nSPS) is 25.6. The number of halogens is 4. The zero-order valence-electron chi connectivity index (χ0n) is 19.6. The van der Waals surface area contributed by atoms with Crippen LogP contribution >= 0.6 is 0 Å². The Bertz CT molecular complexity index is 899. The zero-order valence-corrected chi connectivity index (χ0v) is 19.6. The molecule has 0 aromatic heterocycles. The van der Waals surface area contributed by atoms with Gasteiger partial charge in [-0.15, -0.1) is 0 Å². The molecule has 2 aromatic rings. The van der Waals surface area contributed by atoms with Gasteiger partial charge in [-0.2, -0.15) is 13.2 Å². The molecule has 180 valence electrons. The molecule has 0 bridgehead atoms. The van der Waals surface area contributed by atoms with Crippen molar-refractivity contribution in [3.63, 3.8) is 0 Å².